The zero-order chi connectivity index (χ0) is 19.1. The van der Waals surface area contributed by atoms with Crippen LogP contribution in [0, 0.1) is 0 Å². The van der Waals surface area contributed by atoms with Gasteiger partial charge in [-0.3, -0.25) is 0 Å². The van der Waals surface area contributed by atoms with E-state index in [2.05, 4.69) is 4.74 Å². The summed E-state index contributed by atoms with van der Waals surface area (Å²) >= 11 is 0. The molecule has 1 aliphatic heterocycles. The summed E-state index contributed by atoms with van der Waals surface area (Å²) < 4.78 is 78.4. The minimum Gasteiger partial charge on any atom is -0.426 e. The van der Waals surface area contributed by atoms with Gasteiger partial charge in [-0.15, -0.1) is 0 Å². The summed E-state index contributed by atoms with van der Waals surface area (Å²) in [6, 6.07) is 0. The molecule has 134 valence electrons. The van der Waals surface area contributed by atoms with Gasteiger partial charge in [-0.25, -0.2) is 4.79 Å². The van der Waals surface area contributed by atoms with E-state index >= 15 is 0 Å². The summed E-state index contributed by atoms with van der Waals surface area (Å²) in [5.41, 5.74) is -0.451. The van der Waals surface area contributed by atoms with Crippen molar-refractivity contribution in [1.29, 1.82) is 0 Å². The fraction of sp³-hybridized carbons (Fsp3) is 0.917. The van der Waals surface area contributed by atoms with Crippen LogP contribution in [0.25, 0.3) is 0 Å². The number of carbonyl (C=O) groups excluding carboxylic acids is 1. The van der Waals surface area contributed by atoms with Crippen molar-refractivity contribution in [2.75, 3.05) is 13.1 Å². The van der Waals surface area contributed by atoms with Crippen molar-refractivity contribution in [1.82, 2.24) is 9.80 Å². The molecule has 1 saturated heterocycles. The van der Waals surface area contributed by atoms with E-state index in [1.54, 1.807) is 25.7 Å². The Morgan fingerprint density at radius 1 is 1.00 bits per heavy atom. The first kappa shape index (κ1) is 21.0. The van der Waals surface area contributed by atoms with Crippen LogP contribution in [-0.4, -0.2) is 80.6 Å². The first-order valence-corrected chi connectivity index (χ1v) is 6.95. The van der Waals surface area contributed by atoms with Crippen molar-refractivity contribution >= 4 is 21.8 Å². The number of ether oxygens (including phenoxy) is 1. The van der Waals surface area contributed by atoms with E-state index < -0.39 is 42.0 Å². The number of piperazine rings is 1. The monoisotopic (exact) mass is 356 g/mol. The number of alkyl halides is 6. The number of carbonyl (C=O) groups is 1. The fourth-order valence-corrected chi connectivity index (χ4v) is 2.37. The maximum absolute atomic E-state index is 12.5. The smallest absolute Gasteiger partial charge is 0.426 e. The molecule has 1 amide bonds. The highest BCUT2D eigenvalue weighted by Gasteiger charge is 2.60. The van der Waals surface area contributed by atoms with Crippen molar-refractivity contribution < 1.29 is 35.9 Å². The third-order valence-corrected chi connectivity index (χ3v) is 3.56. The molecule has 1 rings (SSSR count). The zero-order valence-corrected chi connectivity index (χ0v) is 13.3. The molecule has 0 aliphatic carbocycles. The number of hydrogen-bond donors (Lipinski definition) is 0. The molecule has 1 heterocycles. The standard InChI is InChI=1S/C12H16B2F6N2O2/c1-10(2,3)22-5-4-21(6(13)7(22)14)9(23)24-8(11(15,16)17)12(18,19)20/h6-8H,4-5H2,1-3H3. The molecule has 12 heteroatoms. The molecule has 2 atom stereocenters. The zero-order valence-electron chi connectivity index (χ0n) is 13.3. The van der Waals surface area contributed by atoms with Crippen LogP contribution in [-0.2, 0) is 4.74 Å². The van der Waals surface area contributed by atoms with Crippen molar-refractivity contribution in [2.45, 2.75) is 56.6 Å². The largest absolute Gasteiger partial charge is 0.434 e. The van der Waals surface area contributed by atoms with E-state index in [0.717, 1.165) is 0 Å². The van der Waals surface area contributed by atoms with Gasteiger partial charge in [-0.05, 0) is 26.7 Å². The molecular weight excluding hydrogens is 340 g/mol. The second-order valence-electron chi connectivity index (χ2n) is 6.39. The van der Waals surface area contributed by atoms with Crippen molar-refractivity contribution in [3.8, 4) is 0 Å². The lowest BCUT2D eigenvalue weighted by atomic mass is 9.73. The van der Waals surface area contributed by atoms with Crippen LogP contribution >= 0.6 is 0 Å². The molecule has 1 fully saturated rings. The number of halogens is 6. The van der Waals surface area contributed by atoms with Crippen molar-refractivity contribution in [3.63, 3.8) is 0 Å². The van der Waals surface area contributed by atoms with Crippen LogP contribution in [0.1, 0.15) is 20.8 Å². The molecule has 24 heavy (non-hydrogen) atoms. The van der Waals surface area contributed by atoms with E-state index in [9.17, 15) is 31.1 Å². The Kier molecular flexibility index (Phi) is 5.84. The van der Waals surface area contributed by atoms with Crippen LogP contribution < -0.4 is 0 Å². The maximum Gasteiger partial charge on any atom is 0.434 e. The van der Waals surface area contributed by atoms with Gasteiger partial charge in [0.25, 0.3) is 6.10 Å². The van der Waals surface area contributed by atoms with Crippen LogP contribution in [0.3, 0.4) is 0 Å². The second-order valence-corrected chi connectivity index (χ2v) is 6.39. The summed E-state index contributed by atoms with van der Waals surface area (Å²) in [6.45, 7) is 5.31. The molecule has 0 N–H and O–H groups in total. The first-order valence-electron chi connectivity index (χ1n) is 6.95. The predicted octanol–water partition coefficient (Wildman–Crippen LogP) is 2.02. The van der Waals surface area contributed by atoms with Crippen LogP contribution in [0.2, 0.25) is 0 Å². The minimum absolute atomic E-state index is 0.121. The highest BCUT2D eigenvalue weighted by atomic mass is 19.4. The van der Waals surface area contributed by atoms with E-state index in [4.69, 9.17) is 15.7 Å². The number of amides is 1. The van der Waals surface area contributed by atoms with E-state index in [0.29, 0.717) is 4.90 Å². The Hall–Kier alpha value is -1.06. The third kappa shape index (κ3) is 4.73. The second kappa shape index (κ2) is 6.68. The Morgan fingerprint density at radius 2 is 1.46 bits per heavy atom. The molecule has 1 aliphatic rings. The van der Waals surface area contributed by atoms with E-state index in [-0.39, 0.29) is 13.1 Å². The highest BCUT2D eigenvalue weighted by Crippen LogP contribution is 2.36. The average molecular weight is 356 g/mol. The van der Waals surface area contributed by atoms with Crippen molar-refractivity contribution in [3.05, 3.63) is 0 Å². The molecule has 0 saturated carbocycles. The van der Waals surface area contributed by atoms with Crippen molar-refractivity contribution in [2.24, 2.45) is 0 Å². The Morgan fingerprint density at radius 3 is 1.83 bits per heavy atom. The molecule has 4 radical (unpaired) electrons. The number of hydrogen-bond acceptors (Lipinski definition) is 3. The van der Waals surface area contributed by atoms with Gasteiger partial charge >= 0.3 is 18.4 Å². The average Bonchev–Trinajstić information content (AvgIpc) is 2.34. The molecule has 0 spiro atoms. The van der Waals surface area contributed by atoms with E-state index in [1.807, 2.05) is 0 Å². The fourth-order valence-electron chi connectivity index (χ4n) is 2.37. The van der Waals surface area contributed by atoms with Crippen LogP contribution in [0.5, 0.6) is 0 Å². The highest BCUT2D eigenvalue weighted by molar-refractivity contribution is 6.22. The number of nitrogens with zero attached hydrogens (tertiary/aromatic N) is 2. The van der Waals surface area contributed by atoms with Gasteiger partial charge in [-0.1, -0.05) is 0 Å². The molecule has 2 unspecified atom stereocenters. The van der Waals surface area contributed by atoms with Gasteiger partial charge < -0.3 is 14.5 Å². The lowest BCUT2D eigenvalue weighted by Crippen LogP contribution is -2.66. The van der Waals surface area contributed by atoms with Gasteiger partial charge in [-0.2, -0.15) is 26.3 Å². The van der Waals surface area contributed by atoms with Gasteiger partial charge in [0.1, 0.15) is 7.85 Å². The summed E-state index contributed by atoms with van der Waals surface area (Å²) in [7, 11) is 11.5. The lowest BCUT2D eigenvalue weighted by molar-refractivity contribution is -0.308. The SMILES string of the molecule is [B]C1C([B])N(C(C)(C)C)CCN1C(=O)OC(C(F)(F)F)C(F)(F)F. The molecule has 0 aromatic heterocycles. The normalized spacial score (nSPS) is 24.3. The molecule has 0 aromatic rings. The Balaban J connectivity index is 2.89. The minimum atomic E-state index is -5.78. The summed E-state index contributed by atoms with van der Waals surface area (Å²) in [5, 5.41) is 0. The summed E-state index contributed by atoms with van der Waals surface area (Å²) in [6.07, 6.45) is -17.6. The van der Waals surface area contributed by atoms with Gasteiger partial charge in [0, 0.05) is 24.6 Å². The van der Waals surface area contributed by atoms with Crippen LogP contribution in [0.15, 0.2) is 0 Å². The number of rotatable bonds is 1. The summed E-state index contributed by atoms with van der Waals surface area (Å²) in [5.74, 6) is -2.28. The lowest BCUT2D eigenvalue weighted by Gasteiger charge is -2.51. The molecular formula is C12H16B2F6N2O2. The van der Waals surface area contributed by atoms with Gasteiger partial charge in [0.15, 0.2) is 0 Å². The predicted molar refractivity (Wildman–Crippen MR) is 74.6 cm³/mol. The Bertz CT molecular complexity index is 452. The maximum atomic E-state index is 12.5. The van der Waals surface area contributed by atoms with Gasteiger partial charge in [0.2, 0.25) is 0 Å². The van der Waals surface area contributed by atoms with Gasteiger partial charge in [0.05, 0.1) is 7.85 Å². The quantitative estimate of drug-likeness (QED) is 0.533. The molecule has 0 bridgehead atoms. The summed E-state index contributed by atoms with van der Waals surface area (Å²) in [4.78, 5) is 14.0. The van der Waals surface area contributed by atoms with Crippen LogP contribution in [0.4, 0.5) is 31.1 Å². The Labute approximate surface area is 138 Å². The first-order chi connectivity index (χ1) is 10.6. The topological polar surface area (TPSA) is 32.8 Å². The molecule has 4 nitrogen and oxygen atoms in total. The molecule has 0 aromatic carbocycles. The third-order valence-electron chi connectivity index (χ3n) is 3.56. The van der Waals surface area contributed by atoms with E-state index in [1.165, 1.54) is 0 Å².